The summed E-state index contributed by atoms with van der Waals surface area (Å²) in [6, 6.07) is 10.9. The van der Waals surface area contributed by atoms with Gasteiger partial charge in [-0.25, -0.2) is 4.39 Å². The molecular weight excluding hydrogens is 538 g/mol. The maximum absolute atomic E-state index is 14.4. The van der Waals surface area contributed by atoms with Crippen molar-refractivity contribution in [1.82, 2.24) is 16.0 Å². The van der Waals surface area contributed by atoms with Crippen LogP contribution in [-0.2, 0) is 0 Å². The second-order valence-corrected chi connectivity index (χ2v) is 7.87. The first kappa shape index (κ1) is 26.7. The molecule has 33 heavy (non-hydrogen) atoms. The number of carbonyl (C=O) groups excluding carboxylic acids is 1. The van der Waals surface area contributed by atoms with Crippen LogP contribution in [0.5, 0.6) is 11.5 Å². The highest BCUT2D eigenvalue weighted by atomic mass is 127. The second-order valence-electron chi connectivity index (χ2n) is 7.87. The highest BCUT2D eigenvalue weighted by Gasteiger charge is 2.22. The monoisotopic (exact) mass is 570 g/mol. The average Bonchev–Trinajstić information content (AvgIpc) is 3.60. The molecule has 1 saturated carbocycles. The van der Waals surface area contributed by atoms with Crippen LogP contribution < -0.4 is 20.7 Å². The summed E-state index contributed by atoms with van der Waals surface area (Å²) in [6.07, 6.45) is 2.32. The van der Waals surface area contributed by atoms with Gasteiger partial charge in [-0.3, -0.25) is 9.79 Å². The van der Waals surface area contributed by atoms with Crippen LogP contribution in [0, 0.1) is 11.7 Å². The van der Waals surface area contributed by atoms with Crippen molar-refractivity contribution in [2.45, 2.75) is 32.7 Å². The lowest BCUT2D eigenvalue weighted by molar-refractivity contribution is 0.0955. The molecule has 2 aromatic carbocycles. The van der Waals surface area contributed by atoms with Gasteiger partial charge < -0.3 is 25.8 Å². The fourth-order valence-corrected chi connectivity index (χ4v) is 3.06. The van der Waals surface area contributed by atoms with E-state index in [2.05, 4.69) is 20.9 Å². The Morgan fingerprint density at radius 1 is 1.21 bits per heavy atom. The molecule has 1 unspecified atom stereocenters. The molecule has 0 bridgehead atoms. The Morgan fingerprint density at radius 3 is 2.58 bits per heavy atom. The van der Waals surface area contributed by atoms with Crippen LogP contribution >= 0.6 is 24.0 Å². The predicted octanol–water partition coefficient (Wildman–Crippen LogP) is 3.98. The molecule has 3 rings (SSSR count). The van der Waals surface area contributed by atoms with Gasteiger partial charge in [0, 0.05) is 18.7 Å². The smallest absolute Gasteiger partial charge is 0.251 e. The van der Waals surface area contributed by atoms with Gasteiger partial charge in [0.25, 0.3) is 5.91 Å². The lowest BCUT2D eigenvalue weighted by atomic mass is 10.1. The molecule has 1 aliphatic rings. The minimum atomic E-state index is -0.365. The summed E-state index contributed by atoms with van der Waals surface area (Å²) >= 11 is 0. The van der Waals surface area contributed by atoms with E-state index in [1.807, 2.05) is 19.9 Å². The van der Waals surface area contributed by atoms with Gasteiger partial charge in [0.1, 0.15) is 5.75 Å². The molecule has 7 nitrogen and oxygen atoms in total. The lowest BCUT2D eigenvalue weighted by Crippen LogP contribution is -2.39. The van der Waals surface area contributed by atoms with E-state index in [4.69, 9.17) is 4.74 Å². The van der Waals surface area contributed by atoms with E-state index in [1.54, 1.807) is 18.2 Å². The highest BCUT2D eigenvalue weighted by molar-refractivity contribution is 14.0. The lowest BCUT2D eigenvalue weighted by Gasteiger charge is -2.19. The van der Waals surface area contributed by atoms with Gasteiger partial charge in [0.15, 0.2) is 17.5 Å². The number of amides is 1. The molecular formula is C24H32FIN4O3. The van der Waals surface area contributed by atoms with E-state index in [1.165, 1.54) is 18.2 Å². The number of guanidine groups is 1. The SMILES string of the molecule is CCNC(=NCCNC(=O)c1ccc(O)cc1)NC(C)c1ccc(OCC2CC2)c(F)c1.I. The normalized spacial score (nSPS) is 14.1. The molecule has 1 amide bonds. The number of ether oxygens (including phenoxy) is 1. The number of aliphatic imine (C=N–C) groups is 1. The van der Waals surface area contributed by atoms with E-state index in [9.17, 15) is 14.3 Å². The molecule has 0 spiro atoms. The van der Waals surface area contributed by atoms with Crippen LogP contribution in [0.4, 0.5) is 4.39 Å². The molecule has 9 heteroatoms. The van der Waals surface area contributed by atoms with Crippen molar-refractivity contribution in [3.8, 4) is 11.5 Å². The van der Waals surface area contributed by atoms with Crippen LogP contribution in [0.2, 0.25) is 0 Å². The molecule has 0 heterocycles. The Balaban J connectivity index is 0.00000385. The van der Waals surface area contributed by atoms with Crippen LogP contribution in [0.1, 0.15) is 48.7 Å². The van der Waals surface area contributed by atoms with Crippen molar-refractivity contribution in [1.29, 1.82) is 0 Å². The van der Waals surface area contributed by atoms with Gasteiger partial charge >= 0.3 is 0 Å². The van der Waals surface area contributed by atoms with Crippen molar-refractivity contribution < 1.29 is 19.0 Å². The molecule has 0 radical (unpaired) electrons. The van der Waals surface area contributed by atoms with Gasteiger partial charge in [-0.2, -0.15) is 0 Å². The van der Waals surface area contributed by atoms with E-state index in [-0.39, 0.29) is 53.2 Å². The first-order valence-electron chi connectivity index (χ1n) is 11.0. The fraction of sp³-hybridized carbons (Fsp3) is 0.417. The first-order chi connectivity index (χ1) is 15.5. The zero-order valence-electron chi connectivity index (χ0n) is 18.9. The number of hydrogen-bond acceptors (Lipinski definition) is 4. The Labute approximate surface area is 211 Å². The summed E-state index contributed by atoms with van der Waals surface area (Å²) in [5.74, 6) is 0.953. The predicted molar refractivity (Wildman–Crippen MR) is 138 cm³/mol. The molecule has 2 aromatic rings. The quantitative estimate of drug-likeness (QED) is 0.150. The molecule has 180 valence electrons. The number of halogens is 2. The number of benzene rings is 2. The third-order valence-electron chi connectivity index (χ3n) is 5.12. The minimum Gasteiger partial charge on any atom is -0.508 e. The average molecular weight is 570 g/mol. The standard InChI is InChI=1S/C24H31FN4O3.HI/c1-3-26-24(28-13-12-27-23(31)18-6-9-20(30)10-7-18)29-16(2)19-8-11-22(21(25)14-19)32-15-17-4-5-17;/h6-11,14,16-17,30H,3-5,12-13,15H2,1-2H3,(H,27,31)(H2,26,28,29);1H. The maximum Gasteiger partial charge on any atom is 0.251 e. The molecule has 1 atom stereocenters. The molecule has 0 saturated heterocycles. The van der Waals surface area contributed by atoms with Crippen molar-refractivity contribution in [3.63, 3.8) is 0 Å². The Morgan fingerprint density at radius 2 is 1.94 bits per heavy atom. The maximum atomic E-state index is 14.4. The third-order valence-corrected chi connectivity index (χ3v) is 5.12. The van der Waals surface area contributed by atoms with Crippen molar-refractivity contribution in [2.24, 2.45) is 10.9 Å². The third kappa shape index (κ3) is 8.71. The minimum absolute atomic E-state index is 0. The van der Waals surface area contributed by atoms with Crippen LogP contribution in [0.15, 0.2) is 47.5 Å². The van der Waals surface area contributed by atoms with E-state index < -0.39 is 0 Å². The van der Waals surface area contributed by atoms with Crippen molar-refractivity contribution >= 4 is 35.8 Å². The number of phenolic OH excluding ortho intramolecular Hbond substituents is 1. The van der Waals surface area contributed by atoms with Gasteiger partial charge in [-0.15, -0.1) is 24.0 Å². The van der Waals surface area contributed by atoms with E-state index in [0.29, 0.717) is 43.7 Å². The largest absolute Gasteiger partial charge is 0.508 e. The highest BCUT2D eigenvalue weighted by Crippen LogP contribution is 2.30. The topological polar surface area (TPSA) is 95.0 Å². The Bertz CT molecular complexity index is 936. The summed E-state index contributed by atoms with van der Waals surface area (Å²) in [5, 5.41) is 18.5. The van der Waals surface area contributed by atoms with Gasteiger partial charge in [0.2, 0.25) is 0 Å². The van der Waals surface area contributed by atoms with Gasteiger partial charge in [-0.1, -0.05) is 6.07 Å². The van der Waals surface area contributed by atoms with Gasteiger partial charge in [-0.05, 0) is 74.6 Å². The summed E-state index contributed by atoms with van der Waals surface area (Å²) in [4.78, 5) is 16.6. The summed E-state index contributed by atoms with van der Waals surface area (Å²) in [5.41, 5.74) is 1.25. The Hall–Kier alpha value is -2.56. The van der Waals surface area contributed by atoms with Crippen LogP contribution in [0.25, 0.3) is 0 Å². The molecule has 4 N–H and O–H groups in total. The van der Waals surface area contributed by atoms with E-state index in [0.717, 1.165) is 18.4 Å². The Kier molecular flexibility index (Phi) is 10.7. The second kappa shape index (κ2) is 13.2. The summed E-state index contributed by atoms with van der Waals surface area (Å²) < 4.78 is 20.0. The number of rotatable bonds is 10. The number of aromatic hydroxyl groups is 1. The molecule has 0 aliphatic heterocycles. The summed E-state index contributed by atoms with van der Waals surface area (Å²) in [6.45, 7) is 5.85. The van der Waals surface area contributed by atoms with Crippen LogP contribution in [-0.4, -0.2) is 43.2 Å². The zero-order valence-corrected chi connectivity index (χ0v) is 21.3. The number of nitrogens with zero attached hydrogens (tertiary/aromatic N) is 1. The zero-order chi connectivity index (χ0) is 22.9. The van der Waals surface area contributed by atoms with Crippen molar-refractivity contribution in [3.05, 3.63) is 59.4 Å². The van der Waals surface area contributed by atoms with Crippen LogP contribution in [0.3, 0.4) is 0 Å². The number of nitrogens with one attached hydrogen (secondary N) is 3. The first-order valence-corrected chi connectivity index (χ1v) is 11.0. The number of carbonyl (C=O) groups is 1. The van der Waals surface area contributed by atoms with Crippen molar-refractivity contribution in [2.75, 3.05) is 26.2 Å². The van der Waals surface area contributed by atoms with Gasteiger partial charge in [0.05, 0.1) is 19.2 Å². The number of hydrogen-bond donors (Lipinski definition) is 4. The molecule has 1 aliphatic carbocycles. The van der Waals surface area contributed by atoms with E-state index >= 15 is 0 Å². The fourth-order valence-electron chi connectivity index (χ4n) is 3.06. The summed E-state index contributed by atoms with van der Waals surface area (Å²) in [7, 11) is 0. The molecule has 1 fully saturated rings. The molecule has 0 aromatic heterocycles. The number of phenols is 1.